The van der Waals surface area contributed by atoms with Crippen LogP contribution in [0.3, 0.4) is 0 Å². The van der Waals surface area contributed by atoms with E-state index in [4.69, 9.17) is 5.73 Å². The number of nitrogens with two attached hydrogens (primary N) is 1. The fourth-order valence-corrected chi connectivity index (χ4v) is 1.54. The Hall–Kier alpha value is -1.02. The lowest BCUT2D eigenvalue weighted by molar-refractivity contribution is 0.666. The molecule has 14 heavy (non-hydrogen) atoms. The van der Waals surface area contributed by atoms with Crippen LogP contribution in [0.4, 0.5) is 5.69 Å². The summed E-state index contributed by atoms with van der Waals surface area (Å²) in [7, 11) is 4.15. The van der Waals surface area contributed by atoms with Crippen molar-refractivity contribution in [2.45, 2.75) is 25.8 Å². The average Bonchev–Trinajstić information content (AvgIpc) is 2.15. The lowest BCUT2D eigenvalue weighted by atomic mass is 10.0. The zero-order valence-electron chi connectivity index (χ0n) is 9.33. The standard InChI is InChI=1S/C12H20N2/c1-10(13)8-9-11-6-4-5-7-12(11)14(2)3/h4-7,10H,8-9,13H2,1-3H3. The van der Waals surface area contributed by atoms with Crippen molar-refractivity contribution < 1.29 is 0 Å². The highest BCUT2D eigenvalue weighted by Crippen LogP contribution is 2.19. The van der Waals surface area contributed by atoms with Crippen LogP contribution in [0, 0.1) is 0 Å². The molecule has 2 nitrogen and oxygen atoms in total. The van der Waals surface area contributed by atoms with Crippen LogP contribution in [-0.4, -0.2) is 20.1 Å². The van der Waals surface area contributed by atoms with Crippen LogP contribution in [0.1, 0.15) is 18.9 Å². The fraction of sp³-hybridized carbons (Fsp3) is 0.500. The van der Waals surface area contributed by atoms with Gasteiger partial charge in [-0.05, 0) is 31.4 Å². The molecule has 0 radical (unpaired) electrons. The molecule has 0 saturated heterocycles. The average molecular weight is 192 g/mol. The van der Waals surface area contributed by atoms with Gasteiger partial charge in [0.1, 0.15) is 0 Å². The normalized spacial score (nSPS) is 12.6. The highest BCUT2D eigenvalue weighted by molar-refractivity contribution is 5.52. The summed E-state index contributed by atoms with van der Waals surface area (Å²) in [4.78, 5) is 2.15. The van der Waals surface area contributed by atoms with Gasteiger partial charge in [-0.25, -0.2) is 0 Å². The van der Waals surface area contributed by atoms with Gasteiger partial charge in [-0.2, -0.15) is 0 Å². The van der Waals surface area contributed by atoms with Crippen LogP contribution in [0.2, 0.25) is 0 Å². The largest absolute Gasteiger partial charge is 0.377 e. The third kappa shape index (κ3) is 3.04. The maximum absolute atomic E-state index is 5.75. The van der Waals surface area contributed by atoms with E-state index < -0.39 is 0 Å². The van der Waals surface area contributed by atoms with Crippen LogP contribution in [0.5, 0.6) is 0 Å². The molecule has 2 N–H and O–H groups in total. The third-order valence-corrected chi connectivity index (χ3v) is 2.34. The first kappa shape index (κ1) is 11.1. The molecule has 0 bridgehead atoms. The monoisotopic (exact) mass is 192 g/mol. The van der Waals surface area contributed by atoms with Gasteiger partial charge in [0, 0.05) is 25.8 Å². The van der Waals surface area contributed by atoms with Crippen molar-refractivity contribution in [3.63, 3.8) is 0 Å². The Kier molecular flexibility index (Phi) is 3.96. The Labute approximate surface area is 86.7 Å². The number of para-hydroxylation sites is 1. The summed E-state index contributed by atoms with van der Waals surface area (Å²) >= 11 is 0. The number of rotatable bonds is 4. The van der Waals surface area contributed by atoms with Gasteiger partial charge in [0.2, 0.25) is 0 Å². The number of benzene rings is 1. The molecule has 1 atom stereocenters. The van der Waals surface area contributed by atoms with E-state index in [9.17, 15) is 0 Å². The number of nitrogens with zero attached hydrogens (tertiary/aromatic N) is 1. The first-order valence-electron chi connectivity index (χ1n) is 5.12. The third-order valence-electron chi connectivity index (χ3n) is 2.34. The summed E-state index contributed by atoms with van der Waals surface area (Å²) in [5, 5.41) is 0. The topological polar surface area (TPSA) is 29.3 Å². The SMILES string of the molecule is CC(N)CCc1ccccc1N(C)C. The van der Waals surface area contributed by atoms with Crippen molar-refractivity contribution >= 4 is 5.69 Å². The quantitative estimate of drug-likeness (QED) is 0.791. The molecule has 0 aliphatic carbocycles. The van der Waals surface area contributed by atoms with E-state index in [1.54, 1.807) is 0 Å². The fourth-order valence-electron chi connectivity index (χ4n) is 1.54. The molecular weight excluding hydrogens is 172 g/mol. The minimum absolute atomic E-state index is 0.283. The molecule has 0 aliphatic rings. The lowest BCUT2D eigenvalue weighted by Gasteiger charge is -2.17. The second kappa shape index (κ2) is 5.01. The molecule has 1 unspecified atom stereocenters. The molecule has 0 aromatic heterocycles. The van der Waals surface area contributed by atoms with Crippen LogP contribution < -0.4 is 10.6 Å². The van der Waals surface area contributed by atoms with Crippen molar-refractivity contribution in [1.82, 2.24) is 0 Å². The summed E-state index contributed by atoms with van der Waals surface area (Å²) in [5.74, 6) is 0. The molecule has 0 saturated carbocycles. The number of hydrogen-bond acceptors (Lipinski definition) is 2. The number of hydrogen-bond donors (Lipinski definition) is 1. The van der Waals surface area contributed by atoms with Gasteiger partial charge in [-0.15, -0.1) is 0 Å². The molecule has 1 aromatic carbocycles. The second-order valence-corrected chi connectivity index (χ2v) is 4.04. The van der Waals surface area contributed by atoms with E-state index >= 15 is 0 Å². The Morgan fingerprint density at radius 3 is 2.50 bits per heavy atom. The smallest absolute Gasteiger partial charge is 0.0393 e. The lowest BCUT2D eigenvalue weighted by Crippen LogP contribution is -2.17. The number of anilines is 1. The van der Waals surface area contributed by atoms with E-state index in [-0.39, 0.29) is 6.04 Å². The maximum Gasteiger partial charge on any atom is 0.0393 e. The molecule has 0 spiro atoms. The van der Waals surface area contributed by atoms with Gasteiger partial charge in [-0.1, -0.05) is 18.2 Å². The molecular formula is C12H20N2. The summed E-state index contributed by atoms with van der Waals surface area (Å²) in [6.45, 7) is 2.05. The van der Waals surface area contributed by atoms with Crippen molar-refractivity contribution in [2.75, 3.05) is 19.0 Å². The van der Waals surface area contributed by atoms with Crippen molar-refractivity contribution in [3.05, 3.63) is 29.8 Å². The second-order valence-electron chi connectivity index (χ2n) is 4.04. The van der Waals surface area contributed by atoms with Gasteiger partial charge in [0.25, 0.3) is 0 Å². The molecule has 2 heteroatoms. The van der Waals surface area contributed by atoms with Crippen LogP contribution >= 0.6 is 0 Å². The van der Waals surface area contributed by atoms with E-state index in [1.807, 2.05) is 0 Å². The van der Waals surface area contributed by atoms with E-state index in [1.165, 1.54) is 11.3 Å². The molecule has 0 heterocycles. The summed E-state index contributed by atoms with van der Waals surface area (Å²) in [5.41, 5.74) is 8.44. The Bertz CT molecular complexity index is 279. The highest BCUT2D eigenvalue weighted by Gasteiger charge is 2.04. The van der Waals surface area contributed by atoms with Crippen LogP contribution in [-0.2, 0) is 6.42 Å². The van der Waals surface area contributed by atoms with Crippen molar-refractivity contribution in [1.29, 1.82) is 0 Å². The van der Waals surface area contributed by atoms with Crippen LogP contribution in [0.15, 0.2) is 24.3 Å². The first-order valence-corrected chi connectivity index (χ1v) is 5.12. The summed E-state index contributed by atoms with van der Waals surface area (Å²) in [6, 6.07) is 8.77. The predicted octanol–water partition coefficient (Wildman–Crippen LogP) is 2.03. The molecule has 78 valence electrons. The summed E-state index contributed by atoms with van der Waals surface area (Å²) < 4.78 is 0. The molecule has 0 amide bonds. The minimum atomic E-state index is 0.283. The van der Waals surface area contributed by atoms with Gasteiger partial charge in [0.15, 0.2) is 0 Å². The van der Waals surface area contributed by atoms with Gasteiger partial charge in [-0.3, -0.25) is 0 Å². The molecule has 0 aliphatic heterocycles. The summed E-state index contributed by atoms with van der Waals surface area (Å²) in [6.07, 6.45) is 2.11. The highest BCUT2D eigenvalue weighted by atomic mass is 15.1. The van der Waals surface area contributed by atoms with Gasteiger partial charge in [0.05, 0.1) is 0 Å². The zero-order valence-corrected chi connectivity index (χ0v) is 9.33. The Morgan fingerprint density at radius 2 is 1.93 bits per heavy atom. The Balaban J connectivity index is 2.74. The molecule has 1 rings (SSSR count). The van der Waals surface area contributed by atoms with Gasteiger partial charge >= 0.3 is 0 Å². The van der Waals surface area contributed by atoms with Gasteiger partial charge < -0.3 is 10.6 Å². The first-order chi connectivity index (χ1) is 6.61. The van der Waals surface area contributed by atoms with E-state index in [0.717, 1.165) is 12.8 Å². The minimum Gasteiger partial charge on any atom is -0.377 e. The molecule has 0 fully saturated rings. The van der Waals surface area contributed by atoms with Crippen molar-refractivity contribution in [3.8, 4) is 0 Å². The van der Waals surface area contributed by atoms with Crippen LogP contribution in [0.25, 0.3) is 0 Å². The van der Waals surface area contributed by atoms with Crippen molar-refractivity contribution in [2.24, 2.45) is 5.73 Å². The van der Waals surface area contributed by atoms with E-state index in [2.05, 4.69) is 50.2 Å². The number of aryl methyl sites for hydroxylation is 1. The predicted molar refractivity (Wildman–Crippen MR) is 62.7 cm³/mol. The zero-order chi connectivity index (χ0) is 10.6. The maximum atomic E-state index is 5.75. The molecule has 1 aromatic rings. The Morgan fingerprint density at radius 1 is 1.29 bits per heavy atom. The van der Waals surface area contributed by atoms with E-state index in [0.29, 0.717) is 0 Å².